The highest BCUT2D eigenvalue weighted by atomic mass is 32.2. The smallest absolute Gasteiger partial charge is 0.407 e. The maximum atomic E-state index is 12.9. The second-order valence-electron chi connectivity index (χ2n) is 8.85. The largest absolute Gasteiger partial charge is 0.481 e. The van der Waals surface area contributed by atoms with Crippen LogP contribution >= 0.6 is 11.8 Å². The van der Waals surface area contributed by atoms with E-state index >= 15 is 0 Å². The zero-order chi connectivity index (χ0) is 24.8. The standard InChI is InChI=1S/C27H30N2O5S/c1-35-14-13-24(25(30)28-18-8-6-7-17(15-18)26(31)32)29-27(33)34-16-23-21-11-4-2-9-19(21)20-10-3-5-12-22(20)23/h2-6,8-12,17-18,23-24H,7,13-16H2,1H3,(H,28,30)(H,29,33)(H,31,32)/t17-,18-,24-/m1/s1. The number of ether oxygens (including phenoxy) is 1. The van der Waals surface area contributed by atoms with Crippen LogP contribution in [0.5, 0.6) is 0 Å². The summed E-state index contributed by atoms with van der Waals surface area (Å²) < 4.78 is 5.61. The van der Waals surface area contributed by atoms with E-state index in [1.165, 1.54) is 0 Å². The van der Waals surface area contributed by atoms with Gasteiger partial charge in [0.15, 0.2) is 0 Å². The number of carboxylic acid groups (broad SMARTS) is 1. The molecule has 0 saturated carbocycles. The minimum atomic E-state index is -0.871. The van der Waals surface area contributed by atoms with Gasteiger partial charge in [-0.25, -0.2) is 4.79 Å². The summed E-state index contributed by atoms with van der Waals surface area (Å²) >= 11 is 1.58. The minimum absolute atomic E-state index is 0.0630. The Morgan fingerprint density at radius 3 is 2.37 bits per heavy atom. The van der Waals surface area contributed by atoms with E-state index in [2.05, 4.69) is 34.9 Å². The van der Waals surface area contributed by atoms with Crippen molar-refractivity contribution >= 4 is 29.7 Å². The van der Waals surface area contributed by atoms with Gasteiger partial charge in [0.1, 0.15) is 12.6 Å². The molecule has 0 saturated heterocycles. The van der Waals surface area contributed by atoms with Crippen LogP contribution in [0.3, 0.4) is 0 Å². The number of fused-ring (bicyclic) bond motifs is 3. The number of benzene rings is 2. The second-order valence-corrected chi connectivity index (χ2v) is 9.84. The average molecular weight is 495 g/mol. The molecule has 2 aliphatic rings. The molecule has 2 aromatic carbocycles. The first-order valence-electron chi connectivity index (χ1n) is 11.8. The Morgan fingerprint density at radius 2 is 1.74 bits per heavy atom. The van der Waals surface area contributed by atoms with Crippen molar-refractivity contribution < 1.29 is 24.2 Å². The van der Waals surface area contributed by atoms with Crippen molar-refractivity contribution in [3.05, 3.63) is 71.8 Å². The number of amides is 2. The Hall–Kier alpha value is -3.26. The second kappa shape index (κ2) is 11.4. The van der Waals surface area contributed by atoms with E-state index in [9.17, 15) is 19.5 Å². The van der Waals surface area contributed by atoms with E-state index in [1.54, 1.807) is 17.8 Å². The van der Waals surface area contributed by atoms with Gasteiger partial charge in [0.05, 0.1) is 5.92 Å². The number of carbonyl (C=O) groups excluding carboxylic acids is 2. The molecule has 2 amide bonds. The number of alkyl carbamates (subject to hydrolysis) is 1. The molecule has 3 atom stereocenters. The molecule has 3 N–H and O–H groups in total. The average Bonchev–Trinajstić information content (AvgIpc) is 3.19. The summed E-state index contributed by atoms with van der Waals surface area (Å²) in [5, 5.41) is 14.9. The van der Waals surface area contributed by atoms with Crippen LogP contribution in [0.25, 0.3) is 11.1 Å². The Bertz CT molecular complexity index is 1070. The Kier molecular flexibility index (Phi) is 8.13. The first-order chi connectivity index (χ1) is 17.0. The number of aliphatic carboxylic acids is 1. The van der Waals surface area contributed by atoms with Crippen molar-refractivity contribution in [3.8, 4) is 11.1 Å². The van der Waals surface area contributed by atoms with Gasteiger partial charge in [-0.05, 0) is 53.5 Å². The maximum Gasteiger partial charge on any atom is 0.407 e. The predicted molar refractivity (Wildman–Crippen MR) is 136 cm³/mol. The van der Waals surface area contributed by atoms with Crippen LogP contribution in [0.15, 0.2) is 60.7 Å². The van der Waals surface area contributed by atoms with Crippen LogP contribution in [-0.2, 0) is 14.3 Å². The van der Waals surface area contributed by atoms with E-state index in [1.807, 2.05) is 36.6 Å². The number of allylic oxidation sites excluding steroid dienone is 1. The molecule has 184 valence electrons. The van der Waals surface area contributed by atoms with Gasteiger partial charge in [0, 0.05) is 12.0 Å². The molecule has 0 heterocycles. The van der Waals surface area contributed by atoms with E-state index in [0.717, 1.165) is 22.3 Å². The first kappa shape index (κ1) is 24.9. The van der Waals surface area contributed by atoms with Crippen LogP contribution in [0.4, 0.5) is 4.79 Å². The first-order valence-corrected chi connectivity index (χ1v) is 13.2. The zero-order valence-corrected chi connectivity index (χ0v) is 20.4. The number of hydrogen-bond acceptors (Lipinski definition) is 5. The molecule has 2 aromatic rings. The van der Waals surface area contributed by atoms with Gasteiger partial charge >= 0.3 is 12.1 Å². The maximum absolute atomic E-state index is 12.9. The molecule has 4 rings (SSSR count). The van der Waals surface area contributed by atoms with Gasteiger partial charge in [0.2, 0.25) is 5.91 Å². The summed E-state index contributed by atoms with van der Waals surface area (Å²) in [6, 6.07) is 15.1. The fraction of sp³-hybridized carbons (Fsp3) is 0.370. The van der Waals surface area contributed by atoms with E-state index < -0.39 is 24.0 Å². The highest BCUT2D eigenvalue weighted by Crippen LogP contribution is 2.44. The fourth-order valence-corrected chi connectivity index (χ4v) is 5.24. The molecule has 0 radical (unpaired) electrons. The SMILES string of the molecule is CSCC[C@@H](NC(=O)OCC1c2ccccc2-c2ccccc21)C(=O)N[C@@H]1C=CC[C@@H](C(=O)O)C1. The summed E-state index contributed by atoms with van der Waals surface area (Å²) in [6.45, 7) is 0.169. The summed E-state index contributed by atoms with van der Waals surface area (Å²) in [7, 11) is 0. The third-order valence-corrected chi connectivity index (χ3v) is 7.21. The van der Waals surface area contributed by atoms with Gasteiger partial charge in [-0.15, -0.1) is 0 Å². The number of rotatable bonds is 9. The highest BCUT2D eigenvalue weighted by molar-refractivity contribution is 7.98. The van der Waals surface area contributed by atoms with Crippen molar-refractivity contribution in [1.82, 2.24) is 10.6 Å². The van der Waals surface area contributed by atoms with Gasteiger partial charge < -0.3 is 20.5 Å². The van der Waals surface area contributed by atoms with Crippen LogP contribution < -0.4 is 10.6 Å². The fourth-order valence-electron chi connectivity index (χ4n) is 4.77. The third-order valence-electron chi connectivity index (χ3n) is 6.57. The van der Waals surface area contributed by atoms with Crippen molar-refractivity contribution in [2.24, 2.45) is 5.92 Å². The molecule has 2 aliphatic carbocycles. The van der Waals surface area contributed by atoms with Gasteiger partial charge in [-0.2, -0.15) is 11.8 Å². The normalized spacial score (nSPS) is 19.3. The topological polar surface area (TPSA) is 105 Å². The zero-order valence-electron chi connectivity index (χ0n) is 19.6. The number of carboxylic acids is 1. The molecular weight excluding hydrogens is 464 g/mol. The molecule has 7 nitrogen and oxygen atoms in total. The molecule has 0 spiro atoms. The molecule has 0 aromatic heterocycles. The summed E-state index contributed by atoms with van der Waals surface area (Å²) in [5.41, 5.74) is 4.54. The predicted octanol–water partition coefficient (Wildman–Crippen LogP) is 4.18. The summed E-state index contributed by atoms with van der Waals surface area (Å²) in [6.07, 6.45) is 6.11. The van der Waals surface area contributed by atoms with Crippen molar-refractivity contribution in [2.75, 3.05) is 18.6 Å². The van der Waals surface area contributed by atoms with Crippen LogP contribution in [-0.4, -0.2) is 53.8 Å². The monoisotopic (exact) mass is 494 g/mol. The van der Waals surface area contributed by atoms with E-state index in [4.69, 9.17) is 4.74 Å². The molecular formula is C27H30N2O5S. The van der Waals surface area contributed by atoms with Crippen LogP contribution in [0, 0.1) is 5.92 Å². The van der Waals surface area contributed by atoms with Crippen molar-refractivity contribution in [2.45, 2.75) is 37.3 Å². The molecule has 0 bridgehead atoms. The van der Waals surface area contributed by atoms with Gasteiger partial charge in [-0.3, -0.25) is 9.59 Å². The van der Waals surface area contributed by atoms with Gasteiger partial charge in [0.25, 0.3) is 0 Å². The molecule has 0 aliphatic heterocycles. The Morgan fingerprint density at radius 1 is 1.09 bits per heavy atom. The van der Waals surface area contributed by atoms with E-state index in [0.29, 0.717) is 25.0 Å². The minimum Gasteiger partial charge on any atom is -0.481 e. The van der Waals surface area contributed by atoms with Crippen molar-refractivity contribution in [3.63, 3.8) is 0 Å². The third kappa shape index (κ3) is 5.88. The Balaban J connectivity index is 1.37. The molecule has 35 heavy (non-hydrogen) atoms. The lowest BCUT2D eigenvalue weighted by Crippen LogP contribution is -2.50. The van der Waals surface area contributed by atoms with Crippen molar-refractivity contribution in [1.29, 1.82) is 0 Å². The summed E-state index contributed by atoms with van der Waals surface area (Å²) in [5.74, 6) is -1.12. The highest BCUT2D eigenvalue weighted by Gasteiger charge is 2.31. The number of hydrogen-bond donors (Lipinski definition) is 3. The van der Waals surface area contributed by atoms with Crippen LogP contribution in [0.2, 0.25) is 0 Å². The lowest BCUT2D eigenvalue weighted by Gasteiger charge is -2.25. The lowest BCUT2D eigenvalue weighted by atomic mass is 9.91. The van der Waals surface area contributed by atoms with Crippen LogP contribution in [0.1, 0.15) is 36.3 Å². The number of nitrogens with one attached hydrogen (secondary N) is 2. The lowest BCUT2D eigenvalue weighted by molar-refractivity contribution is -0.142. The molecule has 0 unspecified atom stereocenters. The van der Waals surface area contributed by atoms with Gasteiger partial charge in [-0.1, -0.05) is 60.7 Å². The summed E-state index contributed by atoms with van der Waals surface area (Å²) in [4.78, 5) is 37.0. The number of thioether (sulfide) groups is 1. The Labute approximate surface area is 209 Å². The van der Waals surface area contributed by atoms with E-state index in [-0.39, 0.29) is 24.5 Å². The molecule has 0 fully saturated rings. The quantitative estimate of drug-likeness (QED) is 0.452. The molecule has 8 heteroatoms. The number of carbonyl (C=O) groups is 3.